The topological polar surface area (TPSA) is 51.8 Å². The number of pyridine rings is 1. The predicted octanol–water partition coefficient (Wildman–Crippen LogP) is 3.54. The van der Waals surface area contributed by atoms with Crippen molar-refractivity contribution in [2.75, 3.05) is 0 Å². The molecule has 0 aromatic carbocycles. The van der Waals surface area contributed by atoms with Crippen molar-refractivity contribution in [1.29, 1.82) is 0 Å². The van der Waals surface area contributed by atoms with Crippen LogP contribution in [0.15, 0.2) is 23.0 Å². The Hall–Kier alpha value is -1.23. The Balaban J connectivity index is 2.37. The fraction of sp³-hybridized carbons (Fsp3) is 0.417. The molecule has 0 aliphatic rings. The van der Waals surface area contributed by atoms with Gasteiger partial charge in [-0.2, -0.15) is 4.98 Å². The van der Waals surface area contributed by atoms with Crippen molar-refractivity contribution in [3.63, 3.8) is 0 Å². The van der Waals surface area contributed by atoms with Crippen LogP contribution in [0.5, 0.6) is 0 Å². The minimum Gasteiger partial charge on any atom is -0.338 e. The van der Waals surface area contributed by atoms with E-state index in [1.807, 2.05) is 12.3 Å². The average molecular weight is 296 g/mol. The minimum atomic E-state index is 0.121. The number of alkyl halides is 1. The molecule has 0 saturated heterocycles. The zero-order chi connectivity index (χ0) is 12.3. The van der Waals surface area contributed by atoms with E-state index in [1.54, 1.807) is 6.20 Å². The van der Waals surface area contributed by atoms with Gasteiger partial charge in [0.05, 0.1) is 4.83 Å². The molecule has 4 nitrogen and oxygen atoms in total. The standard InChI is InChI=1S/C12H14BrN3O/c1-3-8-7-14-6-5-9(8)11-15-12(17-16-11)10(13)4-2/h5-7,10H,3-4H2,1-2H3. The van der Waals surface area contributed by atoms with E-state index >= 15 is 0 Å². The van der Waals surface area contributed by atoms with Crippen molar-refractivity contribution in [1.82, 2.24) is 15.1 Å². The molecule has 0 amide bonds. The lowest BCUT2D eigenvalue weighted by molar-refractivity contribution is 0.377. The van der Waals surface area contributed by atoms with Crippen molar-refractivity contribution in [3.8, 4) is 11.4 Å². The average Bonchev–Trinajstić information content (AvgIpc) is 2.87. The molecule has 0 aliphatic carbocycles. The maximum absolute atomic E-state index is 5.24. The zero-order valence-corrected chi connectivity index (χ0v) is 11.4. The molecule has 0 spiro atoms. The molecule has 1 atom stereocenters. The fourth-order valence-electron chi connectivity index (χ4n) is 1.57. The van der Waals surface area contributed by atoms with E-state index in [2.05, 4.69) is 44.9 Å². The number of rotatable bonds is 4. The van der Waals surface area contributed by atoms with Crippen molar-refractivity contribution < 1.29 is 4.52 Å². The number of halogens is 1. The van der Waals surface area contributed by atoms with Crippen LogP contribution < -0.4 is 0 Å². The quantitative estimate of drug-likeness (QED) is 0.810. The van der Waals surface area contributed by atoms with Crippen LogP contribution >= 0.6 is 15.9 Å². The van der Waals surface area contributed by atoms with Gasteiger partial charge < -0.3 is 4.52 Å². The van der Waals surface area contributed by atoms with Gasteiger partial charge in [0.1, 0.15) is 0 Å². The third kappa shape index (κ3) is 2.54. The van der Waals surface area contributed by atoms with Gasteiger partial charge in [0.15, 0.2) is 0 Å². The summed E-state index contributed by atoms with van der Waals surface area (Å²) in [4.78, 5) is 8.63. The van der Waals surface area contributed by atoms with Gasteiger partial charge >= 0.3 is 0 Å². The van der Waals surface area contributed by atoms with Gasteiger partial charge in [0, 0.05) is 18.0 Å². The molecular formula is C12H14BrN3O. The second-order valence-electron chi connectivity index (χ2n) is 3.72. The predicted molar refractivity (Wildman–Crippen MR) is 68.9 cm³/mol. The zero-order valence-electron chi connectivity index (χ0n) is 9.85. The van der Waals surface area contributed by atoms with Crippen LogP contribution in [0.2, 0.25) is 0 Å². The summed E-state index contributed by atoms with van der Waals surface area (Å²) in [5.74, 6) is 1.26. The van der Waals surface area contributed by atoms with E-state index in [4.69, 9.17) is 4.52 Å². The number of hydrogen-bond donors (Lipinski definition) is 0. The van der Waals surface area contributed by atoms with E-state index in [0.717, 1.165) is 24.0 Å². The molecule has 0 radical (unpaired) electrons. The van der Waals surface area contributed by atoms with Crippen molar-refractivity contribution in [2.24, 2.45) is 0 Å². The second-order valence-corrected chi connectivity index (χ2v) is 4.82. The lowest BCUT2D eigenvalue weighted by Crippen LogP contribution is -1.91. The number of aryl methyl sites for hydroxylation is 1. The van der Waals surface area contributed by atoms with Crippen LogP contribution in [-0.2, 0) is 6.42 Å². The van der Waals surface area contributed by atoms with E-state index in [0.29, 0.717) is 11.7 Å². The van der Waals surface area contributed by atoms with Gasteiger partial charge in [-0.25, -0.2) is 0 Å². The molecule has 0 saturated carbocycles. The highest BCUT2D eigenvalue weighted by atomic mass is 79.9. The largest absolute Gasteiger partial charge is 0.338 e. The summed E-state index contributed by atoms with van der Waals surface area (Å²) < 4.78 is 5.24. The summed E-state index contributed by atoms with van der Waals surface area (Å²) in [7, 11) is 0. The summed E-state index contributed by atoms with van der Waals surface area (Å²) in [6.45, 7) is 4.15. The highest BCUT2D eigenvalue weighted by Gasteiger charge is 2.16. The van der Waals surface area contributed by atoms with Crippen LogP contribution in [0.1, 0.15) is 36.5 Å². The molecule has 2 aromatic heterocycles. The van der Waals surface area contributed by atoms with Gasteiger partial charge in [-0.05, 0) is 24.5 Å². The lowest BCUT2D eigenvalue weighted by Gasteiger charge is -2.01. The second kappa shape index (κ2) is 5.40. The van der Waals surface area contributed by atoms with E-state index < -0.39 is 0 Å². The highest BCUT2D eigenvalue weighted by Crippen LogP contribution is 2.27. The van der Waals surface area contributed by atoms with Gasteiger partial charge in [-0.3, -0.25) is 4.98 Å². The molecule has 17 heavy (non-hydrogen) atoms. The molecule has 2 aromatic rings. The lowest BCUT2D eigenvalue weighted by atomic mass is 10.1. The van der Waals surface area contributed by atoms with Gasteiger partial charge in [-0.15, -0.1) is 0 Å². The molecule has 0 aliphatic heterocycles. The van der Waals surface area contributed by atoms with Crippen LogP contribution in [-0.4, -0.2) is 15.1 Å². The molecule has 5 heteroatoms. The van der Waals surface area contributed by atoms with Crippen LogP contribution in [0, 0.1) is 0 Å². The monoisotopic (exact) mass is 295 g/mol. The molecular weight excluding hydrogens is 282 g/mol. The van der Waals surface area contributed by atoms with Crippen molar-refractivity contribution in [2.45, 2.75) is 31.5 Å². The van der Waals surface area contributed by atoms with E-state index in [1.165, 1.54) is 0 Å². The number of aromatic nitrogens is 3. The maximum atomic E-state index is 5.24. The highest BCUT2D eigenvalue weighted by molar-refractivity contribution is 9.09. The smallest absolute Gasteiger partial charge is 0.240 e. The molecule has 0 bridgehead atoms. The first-order valence-corrected chi connectivity index (χ1v) is 6.58. The van der Waals surface area contributed by atoms with E-state index in [9.17, 15) is 0 Å². The Morgan fingerprint density at radius 2 is 2.24 bits per heavy atom. The van der Waals surface area contributed by atoms with Crippen LogP contribution in [0.4, 0.5) is 0 Å². The fourth-order valence-corrected chi connectivity index (χ4v) is 1.76. The summed E-state index contributed by atoms with van der Waals surface area (Å²) >= 11 is 3.50. The number of hydrogen-bond acceptors (Lipinski definition) is 4. The Bertz CT molecular complexity index is 498. The van der Waals surface area contributed by atoms with Crippen LogP contribution in [0.25, 0.3) is 11.4 Å². The molecule has 0 fully saturated rings. The minimum absolute atomic E-state index is 0.121. The third-order valence-corrected chi connectivity index (χ3v) is 3.63. The Morgan fingerprint density at radius 1 is 1.41 bits per heavy atom. The molecule has 2 heterocycles. The third-order valence-electron chi connectivity index (χ3n) is 2.59. The summed E-state index contributed by atoms with van der Waals surface area (Å²) in [6.07, 6.45) is 5.41. The normalized spacial score (nSPS) is 12.6. The molecule has 2 rings (SSSR count). The summed E-state index contributed by atoms with van der Waals surface area (Å²) in [5.41, 5.74) is 2.12. The van der Waals surface area contributed by atoms with Gasteiger partial charge in [0.2, 0.25) is 11.7 Å². The molecule has 0 N–H and O–H groups in total. The summed E-state index contributed by atoms with van der Waals surface area (Å²) in [5, 5.41) is 4.02. The van der Waals surface area contributed by atoms with Crippen molar-refractivity contribution in [3.05, 3.63) is 29.9 Å². The Labute approximate surface area is 109 Å². The molecule has 1 unspecified atom stereocenters. The SMILES string of the molecule is CCc1cnccc1-c1noc(C(Br)CC)n1. The Kier molecular flexibility index (Phi) is 3.89. The van der Waals surface area contributed by atoms with Gasteiger partial charge in [-0.1, -0.05) is 34.9 Å². The Morgan fingerprint density at radius 3 is 2.94 bits per heavy atom. The van der Waals surface area contributed by atoms with E-state index in [-0.39, 0.29) is 4.83 Å². The maximum Gasteiger partial charge on any atom is 0.240 e. The molecule has 90 valence electrons. The first kappa shape index (κ1) is 12.2. The first-order valence-electron chi connectivity index (χ1n) is 5.67. The first-order chi connectivity index (χ1) is 8.26. The van der Waals surface area contributed by atoms with Crippen LogP contribution in [0.3, 0.4) is 0 Å². The van der Waals surface area contributed by atoms with Crippen molar-refractivity contribution >= 4 is 15.9 Å². The van der Waals surface area contributed by atoms with Gasteiger partial charge in [0.25, 0.3) is 0 Å². The summed E-state index contributed by atoms with van der Waals surface area (Å²) in [6, 6.07) is 1.92. The number of nitrogens with zero attached hydrogens (tertiary/aromatic N) is 3.